The van der Waals surface area contributed by atoms with E-state index in [0.717, 1.165) is 55.2 Å². The molecular weight excluding hydrogens is 384 g/mol. The Labute approximate surface area is 178 Å². The van der Waals surface area contributed by atoms with Gasteiger partial charge in [-0.1, -0.05) is 19.9 Å². The fourth-order valence-electron chi connectivity index (χ4n) is 3.94. The van der Waals surface area contributed by atoms with Gasteiger partial charge in [0.05, 0.1) is 19.2 Å². The highest BCUT2D eigenvalue weighted by atomic mass is 32.1. The summed E-state index contributed by atoms with van der Waals surface area (Å²) < 4.78 is 10.7. The molecule has 0 N–H and O–H groups in total. The predicted octanol–water partition coefficient (Wildman–Crippen LogP) is 4.99. The standard InChI is InChI=1S/C23H32N2O3S/c1-16(2)13-22-24-19(15-29-22)23(26)25-12-6-5-7-18(25)10-8-17-9-11-20(27-3)21(14-17)28-4/h9,11,14-16,18H,5-8,10,12-13H2,1-4H3. The highest BCUT2D eigenvalue weighted by molar-refractivity contribution is 7.09. The second kappa shape index (κ2) is 10.1. The number of benzene rings is 1. The van der Waals surface area contributed by atoms with Crippen LogP contribution in [0.2, 0.25) is 0 Å². The Bertz CT molecular complexity index is 818. The smallest absolute Gasteiger partial charge is 0.273 e. The second-order valence-corrected chi connectivity index (χ2v) is 9.04. The van der Waals surface area contributed by atoms with Crippen LogP contribution in [0.4, 0.5) is 0 Å². The summed E-state index contributed by atoms with van der Waals surface area (Å²) in [5.41, 5.74) is 1.82. The summed E-state index contributed by atoms with van der Waals surface area (Å²) in [5, 5.41) is 2.99. The molecule has 6 heteroatoms. The number of carbonyl (C=O) groups excluding carboxylic acids is 1. The molecule has 1 aromatic heterocycles. The number of amides is 1. The Balaban J connectivity index is 1.66. The fraction of sp³-hybridized carbons (Fsp3) is 0.565. The van der Waals surface area contributed by atoms with Gasteiger partial charge in [-0.25, -0.2) is 4.98 Å². The minimum atomic E-state index is 0.0910. The van der Waals surface area contributed by atoms with E-state index in [-0.39, 0.29) is 11.9 Å². The first-order chi connectivity index (χ1) is 14.0. The van der Waals surface area contributed by atoms with Crippen molar-refractivity contribution in [3.05, 3.63) is 39.8 Å². The van der Waals surface area contributed by atoms with Gasteiger partial charge >= 0.3 is 0 Å². The molecule has 0 saturated carbocycles. The molecule has 158 valence electrons. The summed E-state index contributed by atoms with van der Waals surface area (Å²) in [6, 6.07) is 6.32. The van der Waals surface area contributed by atoms with Gasteiger partial charge in [0.2, 0.25) is 0 Å². The summed E-state index contributed by atoms with van der Waals surface area (Å²) in [6.07, 6.45) is 6.09. The second-order valence-electron chi connectivity index (χ2n) is 8.10. The molecule has 2 heterocycles. The van der Waals surface area contributed by atoms with Crippen molar-refractivity contribution in [3.8, 4) is 11.5 Å². The zero-order valence-corrected chi connectivity index (χ0v) is 18.8. The Morgan fingerprint density at radius 1 is 1.24 bits per heavy atom. The van der Waals surface area contributed by atoms with E-state index < -0.39 is 0 Å². The van der Waals surface area contributed by atoms with E-state index in [1.54, 1.807) is 25.6 Å². The number of hydrogen-bond donors (Lipinski definition) is 0. The first-order valence-corrected chi connectivity index (χ1v) is 11.4. The number of hydrogen-bond acceptors (Lipinski definition) is 5. The molecule has 1 aromatic carbocycles. The highest BCUT2D eigenvalue weighted by Crippen LogP contribution is 2.29. The molecule has 29 heavy (non-hydrogen) atoms. The number of likely N-dealkylation sites (tertiary alicyclic amines) is 1. The lowest BCUT2D eigenvalue weighted by Gasteiger charge is -2.35. The van der Waals surface area contributed by atoms with Gasteiger partial charge in [0.15, 0.2) is 11.5 Å². The van der Waals surface area contributed by atoms with E-state index in [1.165, 1.54) is 12.0 Å². The Morgan fingerprint density at radius 3 is 2.76 bits per heavy atom. The van der Waals surface area contributed by atoms with Crippen LogP contribution >= 0.6 is 11.3 Å². The molecule has 2 aromatic rings. The quantitative estimate of drug-likeness (QED) is 0.609. The van der Waals surface area contributed by atoms with Gasteiger partial charge in [0, 0.05) is 24.4 Å². The normalized spacial score (nSPS) is 16.9. The Kier molecular flexibility index (Phi) is 7.53. The van der Waals surface area contributed by atoms with E-state index in [9.17, 15) is 4.79 Å². The lowest BCUT2D eigenvalue weighted by molar-refractivity contribution is 0.0596. The Hall–Kier alpha value is -2.08. The maximum atomic E-state index is 13.1. The zero-order chi connectivity index (χ0) is 20.8. The number of aromatic nitrogens is 1. The monoisotopic (exact) mass is 416 g/mol. The average molecular weight is 417 g/mol. The van der Waals surface area contributed by atoms with Crippen LogP contribution in [0.15, 0.2) is 23.6 Å². The zero-order valence-electron chi connectivity index (χ0n) is 17.9. The van der Waals surface area contributed by atoms with Gasteiger partial charge in [-0.05, 0) is 55.7 Å². The molecule has 1 saturated heterocycles. The minimum Gasteiger partial charge on any atom is -0.493 e. The third-order valence-electron chi connectivity index (χ3n) is 5.46. The summed E-state index contributed by atoms with van der Waals surface area (Å²) in [6.45, 7) is 5.18. The number of ether oxygens (including phenoxy) is 2. The van der Waals surface area contributed by atoms with Gasteiger partial charge < -0.3 is 14.4 Å². The molecular formula is C23H32N2O3S. The molecule has 0 radical (unpaired) electrons. The van der Waals surface area contributed by atoms with Crippen LogP contribution in [0.3, 0.4) is 0 Å². The molecule has 1 fully saturated rings. The lowest BCUT2D eigenvalue weighted by Crippen LogP contribution is -2.44. The van der Waals surface area contributed by atoms with Crippen molar-refractivity contribution < 1.29 is 14.3 Å². The summed E-state index contributed by atoms with van der Waals surface area (Å²) in [5.74, 6) is 2.13. The fourth-order valence-corrected chi connectivity index (χ4v) is 4.92. The number of thiazole rings is 1. The number of nitrogens with zero attached hydrogens (tertiary/aromatic N) is 2. The van der Waals surface area contributed by atoms with Crippen molar-refractivity contribution in [3.63, 3.8) is 0 Å². The lowest BCUT2D eigenvalue weighted by atomic mass is 9.95. The number of carbonyl (C=O) groups is 1. The maximum absolute atomic E-state index is 13.1. The van der Waals surface area contributed by atoms with E-state index in [4.69, 9.17) is 9.47 Å². The van der Waals surface area contributed by atoms with E-state index in [2.05, 4.69) is 29.8 Å². The van der Waals surface area contributed by atoms with Gasteiger partial charge in [-0.15, -0.1) is 11.3 Å². The molecule has 0 aliphatic carbocycles. The molecule has 0 spiro atoms. The van der Waals surface area contributed by atoms with Crippen LogP contribution < -0.4 is 9.47 Å². The summed E-state index contributed by atoms with van der Waals surface area (Å²) in [7, 11) is 3.30. The predicted molar refractivity (Wildman–Crippen MR) is 117 cm³/mol. The number of rotatable bonds is 8. The molecule has 5 nitrogen and oxygen atoms in total. The number of methoxy groups -OCH3 is 2. The van der Waals surface area contributed by atoms with Crippen molar-refractivity contribution in [2.75, 3.05) is 20.8 Å². The van der Waals surface area contributed by atoms with Crippen LogP contribution in [-0.2, 0) is 12.8 Å². The van der Waals surface area contributed by atoms with Crippen molar-refractivity contribution in [2.45, 2.75) is 58.4 Å². The van der Waals surface area contributed by atoms with Crippen LogP contribution in [0.1, 0.15) is 60.6 Å². The molecule has 1 aliphatic rings. The molecule has 1 unspecified atom stereocenters. The maximum Gasteiger partial charge on any atom is 0.273 e. The van der Waals surface area contributed by atoms with E-state index >= 15 is 0 Å². The van der Waals surface area contributed by atoms with Crippen molar-refractivity contribution in [1.82, 2.24) is 9.88 Å². The Morgan fingerprint density at radius 2 is 2.03 bits per heavy atom. The van der Waals surface area contributed by atoms with E-state index in [0.29, 0.717) is 11.6 Å². The molecule has 3 rings (SSSR count). The number of piperidine rings is 1. The van der Waals surface area contributed by atoms with Gasteiger partial charge in [0.1, 0.15) is 5.69 Å². The third-order valence-corrected chi connectivity index (χ3v) is 6.33. The topological polar surface area (TPSA) is 51.7 Å². The SMILES string of the molecule is COc1ccc(CCC2CCCCN2C(=O)c2csc(CC(C)C)n2)cc1OC. The summed E-state index contributed by atoms with van der Waals surface area (Å²) >= 11 is 1.60. The number of aryl methyl sites for hydroxylation is 1. The molecule has 1 amide bonds. The van der Waals surface area contributed by atoms with Gasteiger partial charge in [-0.3, -0.25) is 4.79 Å². The third kappa shape index (κ3) is 5.50. The van der Waals surface area contributed by atoms with E-state index in [1.807, 2.05) is 17.5 Å². The van der Waals surface area contributed by atoms with Crippen LogP contribution in [-0.4, -0.2) is 42.6 Å². The van der Waals surface area contributed by atoms with Crippen LogP contribution in [0, 0.1) is 5.92 Å². The molecule has 1 atom stereocenters. The molecule has 0 bridgehead atoms. The molecule has 1 aliphatic heterocycles. The largest absolute Gasteiger partial charge is 0.493 e. The first-order valence-electron chi connectivity index (χ1n) is 10.5. The highest BCUT2D eigenvalue weighted by Gasteiger charge is 2.28. The van der Waals surface area contributed by atoms with Crippen molar-refractivity contribution in [2.24, 2.45) is 5.92 Å². The van der Waals surface area contributed by atoms with Crippen molar-refractivity contribution >= 4 is 17.2 Å². The van der Waals surface area contributed by atoms with Gasteiger partial charge in [-0.2, -0.15) is 0 Å². The van der Waals surface area contributed by atoms with Crippen molar-refractivity contribution in [1.29, 1.82) is 0 Å². The summed E-state index contributed by atoms with van der Waals surface area (Å²) in [4.78, 5) is 19.8. The average Bonchev–Trinajstić information content (AvgIpc) is 3.19. The van der Waals surface area contributed by atoms with Gasteiger partial charge in [0.25, 0.3) is 5.91 Å². The van der Waals surface area contributed by atoms with Crippen LogP contribution in [0.25, 0.3) is 0 Å². The minimum absolute atomic E-state index is 0.0910. The van der Waals surface area contributed by atoms with Crippen LogP contribution in [0.5, 0.6) is 11.5 Å². The first kappa shape index (κ1) is 21.6.